The van der Waals surface area contributed by atoms with Crippen molar-refractivity contribution in [1.82, 2.24) is 4.98 Å². The highest BCUT2D eigenvalue weighted by Gasteiger charge is 2.21. The van der Waals surface area contributed by atoms with Crippen molar-refractivity contribution in [3.63, 3.8) is 0 Å². The molecule has 7 heteroatoms. The summed E-state index contributed by atoms with van der Waals surface area (Å²) in [5.41, 5.74) is 1.94. The SMILES string of the molecule is C[C@H](OC(=O)c1cccnc1Cl)C(=O)Nc1ccc(N2CCCCC2)cc1. The van der Waals surface area contributed by atoms with Crippen molar-refractivity contribution < 1.29 is 14.3 Å². The average molecular weight is 388 g/mol. The lowest BCUT2D eigenvalue weighted by Crippen LogP contribution is -2.30. The Bertz CT molecular complexity index is 804. The predicted octanol–water partition coefficient (Wildman–Crippen LogP) is 3.91. The number of halogens is 1. The summed E-state index contributed by atoms with van der Waals surface area (Å²) in [7, 11) is 0. The average Bonchev–Trinajstić information content (AvgIpc) is 2.69. The van der Waals surface area contributed by atoms with Crippen LogP contribution < -0.4 is 10.2 Å². The third-order valence-corrected chi connectivity index (χ3v) is 4.79. The van der Waals surface area contributed by atoms with Gasteiger partial charge in [-0.1, -0.05) is 11.6 Å². The van der Waals surface area contributed by atoms with E-state index in [0.29, 0.717) is 5.69 Å². The van der Waals surface area contributed by atoms with Crippen LogP contribution in [-0.2, 0) is 9.53 Å². The maximum atomic E-state index is 12.3. The fourth-order valence-electron chi connectivity index (χ4n) is 2.97. The summed E-state index contributed by atoms with van der Waals surface area (Å²) < 4.78 is 5.19. The number of hydrogen-bond donors (Lipinski definition) is 1. The summed E-state index contributed by atoms with van der Waals surface area (Å²) in [6.45, 7) is 3.64. The Morgan fingerprint density at radius 3 is 2.52 bits per heavy atom. The van der Waals surface area contributed by atoms with Crippen molar-refractivity contribution in [2.45, 2.75) is 32.3 Å². The highest BCUT2D eigenvalue weighted by atomic mass is 35.5. The van der Waals surface area contributed by atoms with E-state index in [1.54, 1.807) is 6.07 Å². The van der Waals surface area contributed by atoms with Crippen LogP contribution in [0, 0.1) is 0 Å². The summed E-state index contributed by atoms with van der Waals surface area (Å²) >= 11 is 5.87. The third-order valence-electron chi connectivity index (χ3n) is 4.49. The monoisotopic (exact) mass is 387 g/mol. The molecule has 27 heavy (non-hydrogen) atoms. The molecule has 2 heterocycles. The van der Waals surface area contributed by atoms with Gasteiger partial charge in [0.25, 0.3) is 5.91 Å². The molecule has 0 unspecified atom stereocenters. The molecule has 6 nitrogen and oxygen atoms in total. The third kappa shape index (κ3) is 4.98. The van der Waals surface area contributed by atoms with Crippen molar-refractivity contribution in [2.75, 3.05) is 23.3 Å². The van der Waals surface area contributed by atoms with Crippen LogP contribution in [0.1, 0.15) is 36.5 Å². The van der Waals surface area contributed by atoms with E-state index in [1.165, 1.54) is 38.4 Å². The normalized spacial score (nSPS) is 15.1. The molecule has 0 aliphatic carbocycles. The highest BCUT2D eigenvalue weighted by molar-refractivity contribution is 6.32. The van der Waals surface area contributed by atoms with Crippen molar-refractivity contribution in [3.8, 4) is 0 Å². The number of pyridine rings is 1. The molecule has 0 saturated carbocycles. The number of nitrogens with zero attached hydrogens (tertiary/aromatic N) is 2. The second-order valence-corrected chi connectivity index (χ2v) is 6.83. The number of hydrogen-bond acceptors (Lipinski definition) is 5. The lowest BCUT2D eigenvalue weighted by molar-refractivity contribution is -0.123. The van der Waals surface area contributed by atoms with Crippen molar-refractivity contribution >= 4 is 34.9 Å². The molecular weight excluding hydrogens is 366 g/mol. The van der Waals surface area contributed by atoms with Gasteiger partial charge in [-0.15, -0.1) is 0 Å². The number of piperidine rings is 1. The molecular formula is C20H22ClN3O3. The number of carbonyl (C=O) groups excluding carboxylic acids is 2. The van der Waals surface area contributed by atoms with Crippen LogP contribution in [0.25, 0.3) is 0 Å². The maximum absolute atomic E-state index is 12.3. The second kappa shape index (κ2) is 8.86. The summed E-state index contributed by atoms with van der Waals surface area (Å²) in [6, 6.07) is 10.8. The zero-order valence-electron chi connectivity index (χ0n) is 15.2. The van der Waals surface area contributed by atoms with Gasteiger partial charge in [0.2, 0.25) is 0 Å². The number of benzene rings is 1. The van der Waals surface area contributed by atoms with Gasteiger partial charge in [0, 0.05) is 30.7 Å². The lowest BCUT2D eigenvalue weighted by atomic mass is 10.1. The maximum Gasteiger partial charge on any atom is 0.342 e. The van der Waals surface area contributed by atoms with Gasteiger partial charge >= 0.3 is 5.97 Å². The molecule has 1 aromatic carbocycles. The molecule has 1 aromatic heterocycles. The highest BCUT2D eigenvalue weighted by Crippen LogP contribution is 2.22. The molecule has 142 valence electrons. The number of esters is 1. The first-order valence-corrected chi connectivity index (χ1v) is 9.40. The Morgan fingerprint density at radius 2 is 1.85 bits per heavy atom. The van der Waals surface area contributed by atoms with E-state index in [-0.39, 0.29) is 10.7 Å². The Hall–Kier alpha value is -2.60. The van der Waals surface area contributed by atoms with Gasteiger partial charge in [-0.05, 0) is 62.6 Å². The van der Waals surface area contributed by atoms with Crippen LogP contribution in [-0.4, -0.2) is 36.1 Å². The molecule has 1 aliphatic heterocycles. The second-order valence-electron chi connectivity index (χ2n) is 6.47. The quantitative estimate of drug-likeness (QED) is 0.622. The van der Waals surface area contributed by atoms with E-state index < -0.39 is 18.0 Å². The lowest BCUT2D eigenvalue weighted by Gasteiger charge is -2.28. The first-order chi connectivity index (χ1) is 13.0. The molecule has 2 aromatic rings. The van der Waals surface area contributed by atoms with Gasteiger partial charge in [0.1, 0.15) is 5.15 Å². The topological polar surface area (TPSA) is 71.5 Å². The first-order valence-electron chi connectivity index (χ1n) is 9.02. The Kier molecular flexibility index (Phi) is 6.29. The van der Waals surface area contributed by atoms with Crippen LogP contribution in [0.3, 0.4) is 0 Å². The van der Waals surface area contributed by atoms with E-state index in [1.807, 2.05) is 24.3 Å². The van der Waals surface area contributed by atoms with Crippen LogP contribution in [0.15, 0.2) is 42.6 Å². The minimum absolute atomic E-state index is 0.0448. The molecule has 0 radical (unpaired) electrons. The summed E-state index contributed by atoms with van der Waals surface area (Å²) in [4.78, 5) is 30.6. The van der Waals surface area contributed by atoms with Crippen molar-refractivity contribution in [3.05, 3.63) is 53.3 Å². The smallest absolute Gasteiger partial charge is 0.342 e. The molecule has 1 N–H and O–H groups in total. The number of ether oxygens (including phenoxy) is 1. The number of anilines is 2. The van der Waals surface area contributed by atoms with E-state index in [4.69, 9.17) is 16.3 Å². The van der Waals surface area contributed by atoms with Crippen LogP contribution in [0.5, 0.6) is 0 Å². The largest absolute Gasteiger partial charge is 0.449 e. The molecule has 1 aliphatic rings. The molecule has 1 atom stereocenters. The molecule has 0 bridgehead atoms. The van der Waals surface area contributed by atoms with Crippen molar-refractivity contribution in [1.29, 1.82) is 0 Å². The molecule has 1 fully saturated rings. The standard InChI is InChI=1S/C20H22ClN3O3/c1-14(27-20(26)17-6-5-11-22-18(17)21)19(25)23-15-7-9-16(10-8-15)24-12-3-2-4-13-24/h5-11,14H,2-4,12-13H2,1H3,(H,23,25)/t14-/m0/s1. The van der Waals surface area contributed by atoms with E-state index >= 15 is 0 Å². The van der Waals surface area contributed by atoms with Gasteiger partial charge in [-0.3, -0.25) is 4.79 Å². The summed E-state index contributed by atoms with van der Waals surface area (Å²) in [5.74, 6) is -1.09. The summed E-state index contributed by atoms with van der Waals surface area (Å²) in [6.07, 6.45) is 4.22. The molecule has 3 rings (SSSR count). The number of nitrogens with one attached hydrogen (secondary N) is 1. The number of amides is 1. The summed E-state index contributed by atoms with van der Waals surface area (Å²) in [5, 5.41) is 2.80. The Morgan fingerprint density at radius 1 is 1.15 bits per heavy atom. The number of carbonyl (C=O) groups is 2. The first kappa shape index (κ1) is 19.2. The van der Waals surface area contributed by atoms with Gasteiger partial charge in [-0.25, -0.2) is 9.78 Å². The zero-order valence-corrected chi connectivity index (χ0v) is 15.9. The molecule has 1 amide bonds. The molecule has 0 spiro atoms. The Balaban J connectivity index is 1.56. The fraction of sp³-hybridized carbons (Fsp3) is 0.350. The van der Waals surface area contributed by atoms with Gasteiger partial charge in [-0.2, -0.15) is 0 Å². The minimum Gasteiger partial charge on any atom is -0.449 e. The van der Waals surface area contributed by atoms with Gasteiger partial charge in [0.05, 0.1) is 5.56 Å². The number of aromatic nitrogens is 1. The van der Waals surface area contributed by atoms with Crippen LogP contribution in [0.4, 0.5) is 11.4 Å². The van der Waals surface area contributed by atoms with Gasteiger partial charge < -0.3 is 15.0 Å². The molecule has 1 saturated heterocycles. The Labute approximate surface area is 163 Å². The predicted molar refractivity (Wildman–Crippen MR) is 105 cm³/mol. The van der Waals surface area contributed by atoms with Gasteiger partial charge in [0.15, 0.2) is 6.10 Å². The van der Waals surface area contributed by atoms with E-state index in [0.717, 1.165) is 18.8 Å². The van der Waals surface area contributed by atoms with Crippen LogP contribution in [0.2, 0.25) is 5.15 Å². The fourth-order valence-corrected chi connectivity index (χ4v) is 3.16. The van der Waals surface area contributed by atoms with E-state index in [9.17, 15) is 9.59 Å². The zero-order chi connectivity index (χ0) is 19.2. The van der Waals surface area contributed by atoms with Crippen molar-refractivity contribution in [2.24, 2.45) is 0 Å². The number of rotatable bonds is 5. The van der Waals surface area contributed by atoms with E-state index in [2.05, 4.69) is 15.2 Å². The minimum atomic E-state index is -0.962. The van der Waals surface area contributed by atoms with Crippen LogP contribution >= 0.6 is 11.6 Å².